The minimum atomic E-state index is -0.904. The highest BCUT2D eigenvalue weighted by Gasteiger charge is 2.38. The maximum atomic E-state index is 13.2. The summed E-state index contributed by atoms with van der Waals surface area (Å²) in [5, 5.41) is 3.59. The molecule has 32 heavy (non-hydrogen) atoms. The number of benzene rings is 2. The summed E-state index contributed by atoms with van der Waals surface area (Å²) in [6.45, 7) is 0.316. The van der Waals surface area contributed by atoms with E-state index in [2.05, 4.69) is 10.3 Å². The molecule has 8 heteroatoms. The number of Topliss-reactive ketones (excluding diaryl/α,β-unsaturated/α-hetero) is 1. The van der Waals surface area contributed by atoms with Crippen LogP contribution in [0.4, 0.5) is 5.69 Å². The number of carbonyl (C=O) groups is 3. The third-order valence-corrected chi connectivity index (χ3v) is 6.17. The fraction of sp³-hybridized carbons (Fsp3) is 0.167. The monoisotopic (exact) mass is 467 g/mol. The lowest BCUT2D eigenvalue weighted by molar-refractivity contribution is -0.120. The van der Waals surface area contributed by atoms with Crippen LogP contribution in [0.2, 0.25) is 10.0 Å². The lowest BCUT2D eigenvalue weighted by atomic mass is 9.85. The highest BCUT2D eigenvalue weighted by Crippen LogP contribution is 2.33. The van der Waals surface area contributed by atoms with Crippen LogP contribution >= 0.6 is 23.2 Å². The fourth-order valence-corrected chi connectivity index (χ4v) is 4.01. The molecule has 0 saturated heterocycles. The molecule has 0 bridgehead atoms. The van der Waals surface area contributed by atoms with E-state index >= 15 is 0 Å². The molecule has 2 heterocycles. The number of ketones is 1. The summed E-state index contributed by atoms with van der Waals surface area (Å²) in [6.07, 6.45) is 3.52. The van der Waals surface area contributed by atoms with Gasteiger partial charge in [0.15, 0.2) is 5.78 Å². The maximum Gasteiger partial charge on any atom is 0.251 e. The van der Waals surface area contributed by atoms with Crippen LogP contribution < -0.4 is 10.2 Å². The van der Waals surface area contributed by atoms with Crippen molar-refractivity contribution in [2.45, 2.75) is 13.0 Å². The topological polar surface area (TPSA) is 79.4 Å². The van der Waals surface area contributed by atoms with Crippen molar-refractivity contribution in [1.29, 1.82) is 0 Å². The summed E-state index contributed by atoms with van der Waals surface area (Å²) in [7, 11) is 1.62. The second-order valence-electron chi connectivity index (χ2n) is 7.54. The highest BCUT2D eigenvalue weighted by molar-refractivity contribution is 6.42. The molecule has 1 atom stereocenters. The van der Waals surface area contributed by atoms with Crippen molar-refractivity contribution in [1.82, 2.24) is 10.3 Å². The van der Waals surface area contributed by atoms with Gasteiger partial charge >= 0.3 is 0 Å². The van der Waals surface area contributed by atoms with Crippen molar-refractivity contribution in [3.8, 4) is 0 Å². The predicted molar refractivity (Wildman–Crippen MR) is 123 cm³/mol. The standard InChI is InChI=1S/C24H19Cl2N3O3/c1-29-21-7-5-16(23(31)28-13-15-3-2-8-27-12-15)11-17(21)22(30)18(24(29)32)9-14-4-6-19(25)20(26)10-14/h2-8,10-12,18H,9,13H2,1H3,(H,28,31). The summed E-state index contributed by atoms with van der Waals surface area (Å²) in [5.41, 5.74) is 2.76. The highest BCUT2D eigenvalue weighted by atomic mass is 35.5. The Morgan fingerprint density at radius 3 is 2.59 bits per heavy atom. The van der Waals surface area contributed by atoms with Crippen LogP contribution in [0.25, 0.3) is 0 Å². The summed E-state index contributed by atoms with van der Waals surface area (Å²) in [4.78, 5) is 44.3. The molecule has 0 fully saturated rings. The van der Waals surface area contributed by atoms with Crippen LogP contribution in [-0.2, 0) is 17.8 Å². The van der Waals surface area contributed by atoms with Crippen LogP contribution in [0.3, 0.4) is 0 Å². The van der Waals surface area contributed by atoms with Gasteiger partial charge in [-0.1, -0.05) is 35.3 Å². The molecule has 0 spiro atoms. The van der Waals surface area contributed by atoms with E-state index in [1.54, 1.807) is 61.9 Å². The van der Waals surface area contributed by atoms with Gasteiger partial charge in [0.1, 0.15) is 5.92 Å². The molecule has 4 rings (SSSR count). The van der Waals surface area contributed by atoms with Gasteiger partial charge in [0.05, 0.1) is 15.7 Å². The molecule has 1 aliphatic rings. The Balaban J connectivity index is 1.57. The Morgan fingerprint density at radius 1 is 1.06 bits per heavy atom. The summed E-state index contributed by atoms with van der Waals surface area (Å²) in [5.74, 6) is -1.85. The first-order valence-electron chi connectivity index (χ1n) is 9.92. The average molecular weight is 468 g/mol. The third kappa shape index (κ3) is 4.38. The smallest absolute Gasteiger partial charge is 0.251 e. The van der Waals surface area contributed by atoms with Crippen LogP contribution in [0.1, 0.15) is 31.8 Å². The van der Waals surface area contributed by atoms with Gasteiger partial charge in [-0.05, 0) is 53.9 Å². The fourth-order valence-electron chi connectivity index (χ4n) is 3.69. The number of nitrogens with one attached hydrogen (secondary N) is 1. The van der Waals surface area contributed by atoms with Crippen molar-refractivity contribution >= 4 is 46.5 Å². The molecule has 3 aromatic rings. The number of carbonyl (C=O) groups excluding carboxylic acids is 3. The molecular formula is C24H19Cl2N3O3. The molecule has 0 radical (unpaired) electrons. The molecule has 0 aliphatic carbocycles. The average Bonchev–Trinajstić information content (AvgIpc) is 2.81. The van der Waals surface area contributed by atoms with Crippen molar-refractivity contribution in [3.63, 3.8) is 0 Å². The van der Waals surface area contributed by atoms with Crippen molar-refractivity contribution in [3.05, 3.63) is 93.2 Å². The van der Waals surface area contributed by atoms with Gasteiger partial charge in [-0.15, -0.1) is 0 Å². The second-order valence-corrected chi connectivity index (χ2v) is 8.36. The first kappa shape index (κ1) is 22.0. The molecule has 162 valence electrons. The molecule has 2 amide bonds. The number of rotatable bonds is 5. The van der Waals surface area contributed by atoms with E-state index in [0.29, 0.717) is 33.4 Å². The van der Waals surface area contributed by atoms with E-state index in [9.17, 15) is 14.4 Å². The van der Waals surface area contributed by atoms with Crippen LogP contribution in [0, 0.1) is 5.92 Å². The number of amides is 2. The number of pyridine rings is 1. The number of anilines is 1. The molecule has 1 aromatic heterocycles. The molecule has 1 aliphatic heterocycles. The zero-order valence-corrected chi connectivity index (χ0v) is 18.7. The summed E-state index contributed by atoms with van der Waals surface area (Å²) >= 11 is 12.1. The zero-order chi connectivity index (χ0) is 22.8. The lowest BCUT2D eigenvalue weighted by Gasteiger charge is -2.31. The number of fused-ring (bicyclic) bond motifs is 1. The number of nitrogens with zero attached hydrogens (tertiary/aromatic N) is 2. The Hall–Kier alpha value is -3.22. The minimum absolute atomic E-state index is 0.190. The van der Waals surface area contributed by atoms with Crippen molar-refractivity contribution < 1.29 is 14.4 Å². The molecular weight excluding hydrogens is 449 g/mol. The molecule has 0 saturated carbocycles. The van der Waals surface area contributed by atoms with Gasteiger partial charge in [-0.3, -0.25) is 19.4 Å². The first-order chi connectivity index (χ1) is 15.3. The van der Waals surface area contributed by atoms with Gasteiger partial charge in [0.25, 0.3) is 5.91 Å². The van der Waals surface area contributed by atoms with Gasteiger partial charge in [-0.2, -0.15) is 0 Å². The number of aromatic nitrogens is 1. The Morgan fingerprint density at radius 2 is 1.88 bits per heavy atom. The molecule has 2 aromatic carbocycles. The van der Waals surface area contributed by atoms with Crippen molar-refractivity contribution in [2.24, 2.45) is 5.92 Å². The Labute approximate surface area is 195 Å². The number of hydrogen-bond acceptors (Lipinski definition) is 4. The van der Waals surface area contributed by atoms with Crippen molar-refractivity contribution in [2.75, 3.05) is 11.9 Å². The van der Waals surface area contributed by atoms with Crippen LogP contribution in [0.5, 0.6) is 0 Å². The van der Waals surface area contributed by atoms with Gasteiger partial charge < -0.3 is 10.2 Å². The second kappa shape index (κ2) is 9.10. The Bertz CT molecular complexity index is 1210. The van der Waals surface area contributed by atoms with Gasteiger partial charge in [0.2, 0.25) is 5.91 Å². The predicted octanol–water partition coefficient (Wildman–Crippen LogP) is 4.34. The maximum absolute atomic E-state index is 13.2. The third-order valence-electron chi connectivity index (χ3n) is 5.43. The quantitative estimate of drug-likeness (QED) is 0.566. The lowest BCUT2D eigenvalue weighted by Crippen LogP contribution is -2.43. The van der Waals surface area contributed by atoms with E-state index in [1.807, 2.05) is 6.07 Å². The van der Waals surface area contributed by atoms with E-state index < -0.39 is 5.92 Å². The zero-order valence-electron chi connectivity index (χ0n) is 17.1. The van der Waals surface area contributed by atoms with Gasteiger partial charge in [0, 0.05) is 37.1 Å². The van der Waals surface area contributed by atoms with E-state index in [0.717, 1.165) is 11.1 Å². The van der Waals surface area contributed by atoms with Crippen LogP contribution in [0.15, 0.2) is 60.9 Å². The normalized spacial score (nSPS) is 15.5. The first-order valence-corrected chi connectivity index (χ1v) is 10.7. The number of hydrogen-bond donors (Lipinski definition) is 1. The Kier molecular flexibility index (Phi) is 6.26. The minimum Gasteiger partial charge on any atom is -0.348 e. The van der Waals surface area contributed by atoms with E-state index in [1.165, 1.54) is 4.90 Å². The molecule has 6 nitrogen and oxygen atoms in total. The van der Waals surface area contributed by atoms with E-state index in [-0.39, 0.29) is 24.0 Å². The summed E-state index contributed by atoms with van der Waals surface area (Å²) < 4.78 is 0. The number of halogens is 2. The van der Waals surface area contributed by atoms with Gasteiger partial charge in [-0.25, -0.2) is 0 Å². The molecule has 1 N–H and O–H groups in total. The van der Waals surface area contributed by atoms with Crippen LogP contribution in [-0.4, -0.2) is 29.6 Å². The SMILES string of the molecule is CN1C(=O)C(Cc2ccc(Cl)c(Cl)c2)C(=O)c2cc(C(=O)NCc3cccnc3)ccc21. The summed E-state index contributed by atoms with van der Waals surface area (Å²) in [6, 6.07) is 13.5. The largest absolute Gasteiger partial charge is 0.348 e. The molecule has 1 unspecified atom stereocenters. The van der Waals surface area contributed by atoms with E-state index in [4.69, 9.17) is 23.2 Å².